The maximum atomic E-state index is 14.0. The topological polar surface area (TPSA) is 96.4 Å². The number of imide groups is 1. The van der Waals surface area contributed by atoms with Gasteiger partial charge in [-0.2, -0.15) is 5.26 Å². The molecule has 0 saturated carbocycles. The largest absolute Gasteiger partial charge is 0.441 e. The molecule has 3 saturated heterocycles. The van der Waals surface area contributed by atoms with Crippen molar-refractivity contribution in [3.8, 4) is 6.07 Å². The first-order valence-corrected chi connectivity index (χ1v) is 11.8. The number of nitrogens with zero attached hydrogens (tertiary/aromatic N) is 3. The number of amides is 2. The van der Waals surface area contributed by atoms with Crippen LogP contribution in [0.25, 0.3) is 21.9 Å². The van der Waals surface area contributed by atoms with Gasteiger partial charge in [-0.15, -0.1) is 0 Å². The van der Waals surface area contributed by atoms with Crippen LogP contribution in [0.1, 0.15) is 31.2 Å². The van der Waals surface area contributed by atoms with Crippen LogP contribution in [0.4, 0.5) is 5.69 Å². The standard InChI is InChI=1S/C28H21N3O4/c1-27-12-13-28(35-27,14-22-30-19-8-4-5-9-21(19)34-22)24-23(27)25(32)31(26(24)33)20-11-10-16(15-29)17-6-2-3-7-18(17)20/h2-11,23-24H,12-14H2,1H3/t23-,24+,27-,28-/m1/s1. The molecule has 0 spiro atoms. The van der Waals surface area contributed by atoms with Crippen LogP contribution < -0.4 is 4.90 Å². The lowest BCUT2D eigenvalue weighted by atomic mass is 9.67. The highest BCUT2D eigenvalue weighted by atomic mass is 16.5. The Labute approximate surface area is 200 Å². The fraction of sp³-hybridized carbons (Fsp3) is 0.286. The Morgan fingerprint density at radius 1 is 1.00 bits per heavy atom. The Morgan fingerprint density at radius 2 is 1.74 bits per heavy atom. The highest BCUT2D eigenvalue weighted by molar-refractivity contribution is 6.26. The van der Waals surface area contributed by atoms with Crippen molar-refractivity contribution in [1.29, 1.82) is 5.26 Å². The number of oxazole rings is 1. The normalized spacial score (nSPS) is 29.3. The third-order valence-electron chi connectivity index (χ3n) is 8.06. The zero-order chi connectivity index (χ0) is 23.9. The van der Waals surface area contributed by atoms with Crippen molar-refractivity contribution in [3.05, 3.63) is 72.1 Å². The van der Waals surface area contributed by atoms with Crippen molar-refractivity contribution in [2.75, 3.05) is 4.90 Å². The highest BCUT2D eigenvalue weighted by Gasteiger charge is 2.74. The van der Waals surface area contributed by atoms with Crippen molar-refractivity contribution in [3.63, 3.8) is 0 Å². The SMILES string of the molecule is C[C@]12CC[C@](Cc3nc4ccccc4o3)(O1)[C@@H]1C(=O)N(c3ccc(C#N)c4ccccc34)C(=O)[C@@H]12. The van der Waals surface area contributed by atoms with Gasteiger partial charge in [-0.25, -0.2) is 9.88 Å². The van der Waals surface area contributed by atoms with E-state index in [0.29, 0.717) is 47.4 Å². The summed E-state index contributed by atoms with van der Waals surface area (Å²) >= 11 is 0. The first kappa shape index (κ1) is 20.4. The molecule has 2 bridgehead atoms. The van der Waals surface area contributed by atoms with Gasteiger partial charge in [0, 0.05) is 10.8 Å². The smallest absolute Gasteiger partial charge is 0.240 e. The van der Waals surface area contributed by atoms with Gasteiger partial charge in [0.05, 0.1) is 46.8 Å². The molecule has 7 rings (SSSR count). The fourth-order valence-corrected chi connectivity index (χ4v) is 6.58. The number of benzene rings is 3. The van der Waals surface area contributed by atoms with Crippen LogP contribution >= 0.6 is 0 Å². The summed E-state index contributed by atoms with van der Waals surface area (Å²) in [4.78, 5) is 33.8. The van der Waals surface area contributed by atoms with E-state index in [4.69, 9.17) is 9.15 Å². The van der Waals surface area contributed by atoms with Gasteiger partial charge in [0.25, 0.3) is 0 Å². The summed E-state index contributed by atoms with van der Waals surface area (Å²) in [5.41, 5.74) is 0.906. The minimum atomic E-state index is -0.843. The molecule has 3 aromatic carbocycles. The van der Waals surface area contributed by atoms with E-state index >= 15 is 0 Å². The number of carbonyl (C=O) groups is 2. The van der Waals surface area contributed by atoms with Gasteiger partial charge < -0.3 is 9.15 Å². The first-order chi connectivity index (χ1) is 16.9. The van der Waals surface area contributed by atoms with Crippen LogP contribution in [0.5, 0.6) is 0 Å². The molecule has 3 fully saturated rings. The van der Waals surface area contributed by atoms with Gasteiger partial charge in [-0.3, -0.25) is 9.59 Å². The number of rotatable bonds is 3. The van der Waals surface area contributed by atoms with E-state index in [2.05, 4.69) is 11.1 Å². The predicted molar refractivity (Wildman–Crippen MR) is 127 cm³/mol. The molecule has 35 heavy (non-hydrogen) atoms. The summed E-state index contributed by atoms with van der Waals surface area (Å²) in [7, 11) is 0. The summed E-state index contributed by atoms with van der Waals surface area (Å²) in [6.07, 6.45) is 1.68. The summed E-state index contributed by atoms with van der Waals surface area (Å²) in [5.74, 6) is -1.16. The van der Waals surface area contributed by atoms with Gasteiger partial charge in [0.2, 0.25) is 11.8 Å². The molecular formula is C28H21N3O4. The van der Waals surface area contributed by atoms with E-state index in [-0.39, 0.29) is 11.8 Å². The van der Waals surface area contributed by atoms with Crippen LogP contribution in [0.2, 0.25) is 0 Å². The molecular weight excluding hydrogens is 442 g/mol. The van der Waals surface area contributed by atoms with Crippen LogP contribution in [0.15, 0.2) is 65.1 Å². The first-order valence-electron chi connectivity index (χ1n) is 11.8. The summed E-state index contributed by atoms with van der Waals surface area (Å²) in [6, 6.07) is 20.5. The van der Waals surface area contributed by atoms with Gasteiger partial charge in [0.1, 0.15) is 5.52 Å². The molecule has 4 atom stereocenters. The number of hydrogen-bond acceptors (Lipinski definition) is 6. The minimum Gasteiger partial charge on any atom is -0.441 e. The molecule has 2 amide bonds. The number of nitriles is 1. The average molecular weight is 463 g/mol. The second kappa shape index (κ2) is 6.77. The Kier molecular flexibility index (Phi) is 3.94. The number of aromatic nitrogens is 1. The molecule has 0 N–H and O–H groups in total. The third kappa shape index (κ3) is 2.60. The average Bonchev–Trinajstić information content (AvgIpc) is 3.56. The molecule has 7 heteroatoms. The lowest BCUT2D eigenvalue weighted by molar-refractivity contribution is -0.130. The Balaban J connectivity index is 1.33. The molecule has 0 radical (unpaired) electrons. The van der Waals surface area contributed by atoms with Crippen LogP contribution in [-0.4, -0.2) is 28.0 Å². The van der Waals surface area contributed by atoms with Gasteiger partial charge >= 0.3 is 0 Å². The fourth-order valence-electron chi connectivity index (χ4n) is 6.58. The summed E-state index contributed by atoms with van der Waals surface area (Å²) in [6.45, 7) is 1.94. The second-order valence-electron chi connectivity index (χ2n) is 9.99. The number of anilines is 1. The van der Waals surface area contributed by atoms with Crippen molar-refractivity contribution in [2.24, 2.45) is 11.8 Å². The molecule has 0 aliphatic carbocycles. The molecule has 3 aliphatic heterocycles. The van der Waals surface area contributed by atoms with Crippen LogP contribution in [-0.2, 0) is 20.7 Å². The number of carbonyl (C=O) groups excluding carboxylic acids is 2. The van der Waals surface area contributed by atoms with Crippen LogP contribution in [0, 0.1) is 23.2 Å². The number of ether oxygens (including phenoxy) is 1. The van der Waals surface area contributed by atoms with E-state index in [0.717, 1.165) is 10.9 Å². The van der Waals surface area contributed by atoms with Crippen molar-refractivity contribution < 1.29 is 18.7 Å². The van der Waals surface area contributed by atoms with E-state index in [1.807, 2.05) is 55.5 Å². The monoisotopic (exact) mass is 463 g/mol. The molecule has 4 aromatic rings. The molecule has 1 aromatic heterocycles. The Bertz CT molecular complexity index is 1580. The van der Waals surface area contributed by atoms with Crippen molar-refractivity contribution in [1.82, 2.24) is 4.98 Å². The number of fused-ring (bicyclic) bond motifs is 7. The third-order valence-corrected chi connectivity index (χ3v) is 8.06. The summed E-state index contributed by atoms with van der Waals surface area (Å²) < 4.78 is 12.5. The zero-order valence-corrected chi connectivity index (χ0v) is 19.0. The maximum absolute atomic E-state index is 14.0. The highest BCUT2D eigenvalue weighted by Crippen LogP contribution is 2.62. The molecule has 172 valence electrons. The molecule has 7 nitrogen and oxygen atoms in total. The van der Waals surface area contributed by atoms with E-state index in [1.165, 1.54) is 4.90 Å². The van der Waals surface area contributed by atoms with Crippen molar-refractivity contribution >= 4 is 39.4 Å². The lowest BCUT2D eigenvalue weighted by Gasteiger charge is -2.30. The second-order valence-corrected chi connectivity index (χ2v) is 9.99. The van der Waals surface area contributed by atoms with Gasteiger partial charge in [0.15, 0.2) is 11.5 Å². The summed E-state index contributed by atoms with van der Waals surface area (Å²) in [5, 5.41) is 11.0. The molecule has 0 unspecified atom stereocenters. The minimum absolute atomic E-state index is 0.239. The van der Waals surface area contributed by atoms with E-state index < -0.39 is 23.0 Å². The maximum Gasteiger partial charge on any atom is 0.240 e. The quantitative estimate of drug-likeness (QED) is 0.415. The Hall–Kier alpha value is -4.02. The lowest BCUT2D eigenvalue weighted by Crippen LogP contribution is -2.43. The predicted octanol–water partition coefficient (Wildman–Crippen LogP) is 4.52. The zero-order valence-electron chi connectivity index (χ0n) is 19.0. The number of para-hydroxylation sites is 2. The van der Waals surface area contributed by atoms with Crippen molar-refractivity contribution in [2.45, 2.75) is 37.4 Å². The van der Waals surface area contributed by atoms with Gasteiger partial charge in [-0.1, -0.05) is 36.4 Å². The van der Waals surface area contributed by atoms with Crippen LogP contribution in [0.3, 0.4) is 0 Å². The molecule has 3 aliphatic rings. The molecule has 4 heterocycles. The Morgan fingerprint density at radius 3 is 2.54 bits per heavy atom. The number of hydrogen-bond donors (Lipinski definition) is 0. The van der Waals surface area contributed by atoms with E-state index in [1.54, 1.807) is 12.1 Å². The van der Waals surface area contributed by atoms with E-state index in [9.17, 15) is 14.9 Å². The van der Waals surface area contributed by atoms with Gasteiger partial charge in [-0.05, 0) is 44.0 Å².